The molecular weight excluding hydrogens is 274 g/mol. The van der Waals surface area contributed by atoms with Crippen LogP contribution >= 0.6 is 0 Å². The fourth-order valence-corrected chi connectivity index (χ4v) is 2.15. The summed E-state index contributed by atoms with van der Waals surface area (Å²) in [6, 6.07) is -0.954. The SMILES string of the molecule is CC(NC(=O)N1CCC(C(=O)O)CC1)C(=O)NC(C)(C)C. The first kappa shape index (κ1) is 17.3. The van der Waals surface area contributed by atoms with Crippen molar-refractivity contribution in [2.45, 2.75) is 52.1 Å². The van der Waals surface area contributed by atoms with Crippen LogP contribution in [-0.4, -0.2) is 52.6 Å². The number of carboxylic acids is 1. The molecule has 0 aliphatic carbocycles. The van der Waals surface area contributed by atoms with Gasteiger partial charge in [0.25, 0.3) is 0 Å². The predicted molar refractivity (Wildman–Crippen MR) is 77.8 cm³/mol. The predicted octanol–water partition coefficient (Wildman–Crippen LogP) is 0.796. The molecule has 3 N–H and O–H groups in total. The summed E-state index contributed by atoms with van der Waals surface area (Å²) in [5.74, 6) is -1.43. The fraction of sp³-hybridized carbons (Fsp3) is 0.786. The van der Waals surface area contributed by atoms with Crippen LogP contribution < -0.4 is 10.6 Å². The fourth-order valence-electron chi connectivity index (χ4n) is 2.15. The maximum absolute atomic E-state index is 12.0. The van der Waals surface area contributed by atoms with Crippen molar-refractivity contribution in [1.82, 2.24) is 15.5 Å². The van der Waals surface area contributed by atoms with Gasteiger partial charge >= 0.3 is 12.0 Å². The molecular formula is C14H25N3O4. The number of carbonyl (C=O) groups is 3. The van der Waals surface area contributed by atoms with Crippen molar-refractivity contribution in [3.8, 4) is 0 Å². The zero-order chi connectivity index (χ0) is 16.2. The Bertz CT molecular complexity index is 409. The van der Waals surface area contributed by atoms with E-state index in [1.54, 1.807) is 11.8 Å². The molecule has 7 nitrogen and oxygen atoms in total. The van der Waals surface area contributed by atoms with Gasteiger partial charge in [-0.2, -0.15) is 0 Å². The van der Waals surface area contributed by atoms with Gasteiger partial charge < -0.3 is 20.6 Å². The average molecular weight is 299 g/mol. The number of hydrogen-bond acceptors (Lipinski definition) is 3. The third kappa shape index (κ3) is 5.61. The molecule has 1 saturated heterocycles. The number of piperidine rings is 1. The van der Waals surface area contributed by atoms with Gasteiger partial charge in [-0.1, -0.05) is 0 Å². The second kappa shape index (κ2) is 6.78. The van der Waals surface area contributed by atoms with Gasteiger partial charge in [0.2, 0.25) is 5.91 Å². The van der Waals surface area contributed by atoms with Gasteiger partial charge in [-0.05, 0) is 40.5 Å². The van der Waals surface area contributed by atoms with Gasteiger partial charge in [0, 0.05) is 18.6 Å². The van der Waals surface area contributed by atoms with E-state index in [1.807, 2.05) is 20.8 Å². The molecule has 21 heavy (non-hydrogen) atoms. The first-order valence-electron chi connectivity index (χ1n) is 7.20. The minimum Gasteiger partial charge on any atom is -0.481 e. The van der Waals surface area contributed by atoms with E-state index in [1.165, 1.54) is 0 Å². The molecule has 0 saturated carbocycles. The minimum atomic E-state index is -0.812. The lowest BCUT2D eigenvalue weighted by Gasteiger charge is -2.31. The summed E-state index contributed by atoms with van der Waals surface area (Å²) < 4.78 is 0. The molecule has 1 fully saturated rings. The number of nitrogens with one attached hydrogen (secondary N) is 2. The van der Waals surface area contributed by atoms with Gasteiger partial charge in [0.1, 0.15) is 6.04 Å². The normalized spacial score (nSPS) is 18.0. The number of amides is 3. The zero-order valence-corrected chi connectivity index (χ0v) is 13.1. The Kier molecular flexibility index (Phi) is 5.57. The summed E-state index contributed by atoms with van der Waals surface area (Å²) in [6.45, 7) is 8.04. The molecule has 120 valence electrons. The van der Waals surface area contributed by atoms with Crippen molar-refractivity contribution in [2.24, 2.45) is 5.92 Å². The summed E-state index contributed by atoms with van der Waals surface area (Å²) in [5.41, 5.74) is -0.351. The zero-order valence-electron chi connectivity index (χ0n) is 13.1. The lowest BCUT2D eigenvalue weighted by atomic mass is 9.97. The standard InChI is InChI=1S/C14H25N3O4/c1-9(11(18)16-14(2,3)4)15-13(21)17-7-5-10(6-8-17)12(19)20/h9-10H,5-8H2,1-4H3,(H,15,21)(H,16,18)(H,19,20). The summed E-state index contributed by atoms with van der Waals surface area (Å²) >= 11 is 0. The Morgan fingerprint density at radius 3 is 2.14 bits per heavy atom. The van der Waals surface area contributed by atoms with Crippen LogP contribution in [0.3, 0.4) is 0 Å². The molecule has 1 aliphatic rings. The summed E-state index contributed by atoms with van der Waals surface area (Å²) in [5, 5.41) is 14.4. The highest BCUT2D eigenvalue weighted by molar-refractivity contribution is 5.87. The van der Waals surface area contributed by atoms with Gasteiger partial charge in [-0.15, -0.1) is 0 Å². The molecule has 3 amide bonds. The van der Waals surface area contributed by atoms with E-state index < -0.39 is 12.0 Å². The first-order valence-corrected chi connectivity index (χ1v) is 7.20. The highest BCUT2D eigenvalue weighted by atomic mass is 16.4. The van der Waals surface area contributed by atoms with Crippen LogP contribution in [0.15, 0.2) is 0 Å². The van der Waals surface area contributed by atoms with Crippen LogP contribution in [0.5, 0.6) is 0 Å². The maximum atomic E-state index is 12.0. The highest BCUT2D eigenvalue weighted by Gasteiger charge is 2.28. The molecule has 0 aromatic rings. The smallest absolute Gasteiger partial charge is 0.318 e. The molecule has 1 rings (SSSR count). The van der Waals surface area contributed by atoms with Crippen molar-refractivity contribution in [2.75, 3.05) is 13.1 Å². The number of carboxylic acid groups (broad SMARTS) is 1. The van der Waals surface area contributed by atoms with Gasteiger partial charge in [0.15, 0.2) is 0 Å². The molecule has 0 radical (unpaired) electrons. The number of urea groups is 1. The number of aliphatic carboxylic acids is 1. The van der Waals surface area contributed by atoms with Crippen molar-refractivity contribution in [3.05, 3.63) is 0 Å². The van der Waals surface area contributed by atoms with Crippen molar-refractivity contribution >= 4 is 17.9 Å². The molecule has 1 aliphatic heterocycles. The van der Waals surface area contributed by atoms with Crippen LogP contribution in [0.25, 0.3) is 0 Å². The third-order valence-electron chi connectivity index (χ3n) is 3.36. The van der Waals surface area contributed by atoms with Crippen LogP contribution in [0, 0.1) is 5.92 Å². The summed E-state index contributed by atoms with van der Waals surface area (Å²) in [4.78, 5) is 36.4. The second-order valence-electron chi connectivity index (χ2n) is 6.51. The number of hydrogen-bond donors (Lipinski definition) is 3. The molecule has 7 heteroatoms. The molecule has 0 spiro atoms. The highest BCUT2D eigenvalue weighted by Crippen LogP contribution is 2.17. The lowest BCUT2D eigenvalue weighted by molar-refractivity contribution is -0.143. The molecule has 0 aromatic carbocycles. The molecule has 1 heterocycles. The quantitative estimate of drug-likeness (QED) is 0.717. The first-order chi connectivity index (χ1) is 9.60. The molecule has 1 unspecified atom stereocenters. The Morgan fingerprint density at radius 2 is 1.71 bits per heavy atom. The van der Waals surface area contributed by atoms with E-state index in [9.17, 15) is 14.4 Å². The van der Waals surface area contributed by atoms with E-state index in [2.05, 4.69) is 10.6 Å². The van der Waals surface area contributed by atoms with E-state index in [0.29, 0.717) is 25.9 Å². The third-order valence-corrected chi connectivity index (χ3v) is 3.36. The Morgan fingerprint density at radius 1 is 1.19 bits per heavy atom. The number of carbonyl (C=O) groups excluding carboxylic acids is 2. The lowest BCUT2D eigenvalue weighted by Crippen LogP contribution is -2.54. The van der Waals surface area contributed by atoms with Crippen molar-refractivity contribution in [3.63, 3.8) is 0 Å². The molecule has 1 atom stereocenters. The Balaban J connectivity index is 2.43. The van der Waals surface area contributed by atoms with E-state index >= 15 is 0 Å². The number of likely N-dealkylation sites (tertiary alicyclic amines) is 1. The van der Waals surface area contributed by atoms with Gasteiger partial charge in [0.05, 0.1) is 5.92 Å². The van der Waals surface area contributed by atoms with Gasteiger partial charge in [-0.25, -0.2) is 4.79 Å². The maximum Gasteiger partial charge on any atom is 0.318 e. The van der Waals surface area contributed by atoms with Crippen LogP contribution in [-0.2, 0) is 9.59 Å². The Hall–Kier alpha value is -1.79. The van der Waals surface area contributed by atoms with Crippen LogP contribution in [0.1, 0.15) is 40.5 Å². The van der Waals surface area contributed by atoms with Gasteiger partial charge in [-0.3, -0.25) is 9.59 Å². The summed E-state index contributed by atoms with van der Waals surface area (Å²) in [6.07, 6.45) is 0.899. The minimum absolute atomic E-state index is 0.240. The summed E-state index contributed by atoms with van der Waals surface area (Å²) in [7, 11) is 0. The molecule has 0 bridgehead atoms. The van der Waals surface area contributed by atoms with E-state index in [-0.39, 0.29) is 23.4 Å². The molecule has 0 aromatic heterocycles. The topological polar surface area (TPSA) is 98.7 Å². The van der Waals surface area contributed by atoms with Crippen molar-refractivity contribution < 1.29 is 19.5 Å². The van der Waals surface area contributed by atoms with Crippen LogP contribution in [0.2, 0.25) is 0 Å². The largest absolute Gasteiger partial charge is 0.481 e. The van der Waals surface area contributed by atoms with E-state index in [0.717, 1.165) is 0 Å². The monoisotopic (exact) mass is 299 g/mol. The average Bonchev–Trinajstić information content (AvgIpc) is 2.36. The van der Waals surface area contributed by atoms with Crippen LogP contribution in [0.4, 0.5) is 4.79 Å². The second-order valence-corrected chi connectivity index (χ2v) is 6.51. The number of nitrogens with zero attached hydrogens (tertiary/aromatic N) is 1. The van der Waals surface area contributed by atoms with E-state index in [4.69, 9.17) is 5.11 Å². The van der Waals surface area contributed by atoms with Crippen molar-refractivity contribution in [1.29, 1.82) is 0 Å². The number of rotatable bonds is 3. The Labute approximate surface area is 125 Å².